The minimum absolute atomic E-state index is 0.586. The van der Waals surface area contributed by atoms with Gasteiger partial charge in [-0.3, -0.25) is 4.68 Å². The zero-order chi connectivity index (χ0) is 15.0. The van der Waals surface area contributed by atoms with Crippen LogP contribution in [0.5, 0.6) is 0 Å². The summed E-state index contributed by atoms with van der Waals surface area (Å²) in [5, 5.41) is 8.00. The predicted molar refractivity (Wildman–Crippen MR) is 87.2 cm³/mol. The lowest BCUT2D eigenvalue weighted by Crippen LogP contribution is -2.28. The summed E-state index contributed by atoms with van der Waals surface area (Å²) in [6, 6.07) is 0.586. The number of aryl methyl sites for hydroxylation is 2. The molecule has 1 heterocycles. The minimum atomic E-state index is 0.586. The van der Waals surface area contributed by atoms with Gasteiger partial charge < -0.3 is 5.32 Å². The summed E-state index contributed by atoms with van der Waals surface area (Å²) in [7, 11) is 4.12. The number of hydrogen-bond acceptors (Lipinski definition) is 2. The highest BCUT2D eigenvalue weighted by Crippen LogP contribution is 2.17. The van der Waals surface area contributed by atoms with Crippen molar-refractivity contribution in [2.75, 3.05) is 7.05 Å². The molecule has 0 aliphatic rings. The summed E-state index contributed by atoms with van der Waals surface area (Å²) in [6.07, 6.45) is 10.6. The number of nitrogens with one attached hydrogen (secondary N) is 1. The Bertz CT molecular complexity index is 382. The molecular weight excluding hydrogens is 246 g/mol. The maximum atomic E-state index is 4.52. The maximum absolute atomic E-state index is 4.52. The van der Waals surface area contributed by atoms with Crippen LogP contribution in [0.3, 0.4) is 0 Å². The van der Waals surface area contributed by atoms with Crippen LogP contribution < -0.4 is 5.32 Å². The summed E-state index contributed by atoms with van der Waals surface area (Å²) in [4.78, 5) is 0. The Hall–Kier alpha value is -0.830. The third-order valence-corrected chi connectivity index (χ3v) is 4.42. The molecule has 0 amide bonds. The second-order valence-corrected chi connectivity index (χ2v) is 6.02. The van der Waals surface area contributed by atoms with Crippen LogP contribution in [-0.4, -0.2) is 22.9 Å². The van der Waals surface area contributed by atoms with Gasteiger partial charge in [0.05, 0.1) is 5.69 Å². The van der Waals surface area contributed by atoms with Crippen LogP contribution >= 0.6 is 0 Å². The van der Waals surface area contributed by atoms with Gasteiger partial charge in [-0.05, 0) is 39.3 Å². The SMILES string of the molecule is CCCCCCCCC(Cc1c(C)nn(C)c1C)NC. The van der Waals surface area contributed by atoms with E-state index in [1.807, 2.05) is 11.7 Å². The van der Waals surface area contributed by atoms with Crippen molar-refractivity contribution < 1.29 is 0 Å². The smallest absolute Gasteiger partial charge is 0.0628 e. The molecule has 0 aliphatic carbocycles. The molecule has 3 nitrogen and oxygen atoms in total. The lowest BCUT2D eigenvalue weighted by Gasteiger charge is -2.16. The molecule has 1 aromatic heterocycles. The molecule has 0 aliphatic heterocycles. The van der Waals surface area contributed by atoms with Crippen molar-refractivity contribution in [3.63, 3.8) is 0 Å². The van der Waals surface area contributed by atoms with E-state index >= 15 is 0 Å². The highest BCUT2D eigenvalue weighted by molar-refractivity contribution is 5.25. The van der Waals surface area contributed by atoms with Gasteiger partial charge in [0, 0.05) is 18.8 Å². The summed E-state index contributed by atoms with van der Waals surface area (Å²) in [5.74, 6) is 0. The first kappa shape index (κ1) is 17.2. The van der Waals surface area contributed by atoms with Crippen molar-refractivity contribution >= 4 is 0 Å². The van der Waals surface area contributed by atoms with Crippen molar-refractivity contribution in [3.05, 3.63) is 17.0 Å². The van der Waals surface area contributed by atoms with Crippen molar-refractivity contribution in [1.82, 2.24) is 15.1 Å². The third kappa shape index (κ3) is 5.28. The average Bonchev–Trinajstić information content (AvgIpc) is 2.67. The van der Waals surface area contributed by atoms with E-state index in [1.165, 1.54) is 61.9 Å². The summed E-state index contributed by atoms with van der Waals surface area (Å²) >= 11 is 0. The van der Waals surface area contributed by atoms with E-state index in [-0.39, 0.29) is 0 Å². The molecule has 1 aromatic rings. The first-order valence-electron chi connectivity index (χ1n) is 8.26. The second-order valence-electron chi connectivity index (χ2n) is 6.02. The molecule has 1 unspecified atom stereocenters. The van der Waals surface area contributed by atoms with E-state index < -0.39 is 0 Å². The van der Waals surface area contributed by atoms with Gasteiger partial charge in [-0.25, -0.2) is 0 Å². The molecule has 3 heteroatoms. The van der Waals surface area contributed by atoms with Crippen LogP contribution in [0.25, 0.3) is 0 Å². The second kappa shape index (κ2) is 9.17. The monoisotopic (exact) mass is 279 g/mol. The van der Waals surface area contributed by atoms with Crippen molar-refractivity contribution in [3.8, 4) is 0 Å². The van der Waals surface area contributed by atoms with E-state index in [4.69, 9.17) is 0 Å². The maximum Gasteiger partial charge on any atom is 0.0628 e. The van der Waals surface area contributed by atoms with E-state index in [1.54, 1.807) is 0 Å². The number of nitrogens with zero attached hydrogens (tertiary/aromatic N) is 2. The predicted octanol–water partition coefficient (Wildman–Crippen LogP) is 3.92. The molecule has 0 saturated heterocycles. The van der Waals surface area contributed by atoms with E-state index in [0.29, 0.717) is 6.04 Å². The number of unbranched alkanes of at least 4 members (excludes halogenated alkanes) is 5. The summed E-state index contributed by atoms with van der Waals surface area (Å²) in [6.45, 7) is 6.57. The van der Waals surface area contributed by atoms with Gasteiger partial charge in [0.2, 0.25) is 0 Å². The number of aromatic nitrogens is 2. The van der Waals surface area contributed by atoms with Crippen LogP contribution in [0.1, 0.15) is 68.8 Å². The Labute approximate surface area is 125 Å². The number of rotatable bonds is 10. The molecule has 1 N–H and O–H groups in total. The van der Waals surface area contributed by atoms with Crippen LogP contribution in [0, 0.1) is 13.8 Å². The molecule has 0 fully saturated rings. The van der Waals surface area contributed by atoms with E-state index in [2.05, 4.69) is 38.2 Å². The first-order chi connectivity index (χ1) is 9.60. The van der Waals surface area contributed by atoms with Crippen molar-refractivity contribution in [2.45, 2.75) is 78.2 Å². The standard InChI is InChI=1S/C17H33N3/c1-6-7-8-9-10-11-12-16(18-4)13-17-14(2)19-20(5)15(17)3/h16,18H,6-13H2,1-5H3. The first-order valence-corrected chi connectivity index (χ1v) is 8.26. The normalized spacial score (nSPS) is 12.8. The largest absolute Gasteiger partial charge is 0.317 e. The van der Waals surface area contributed by atoms with Gasteiger partial charge in [-0.2, -0.15) is 5.10 Å². The molecule has 0 saturated carbocycles. The molecule has 1 atom stereocenters. The van der Waals surface area contributed by atoms with Crippen LogP contribution in [-0.2, 0) is 13.5 Å². The van der Waals surface area contributed by atoms with Crippen LogP contribution in [0.4, 0.5) is 0 Å². The Balaban J connectivity index is 2.35. The molecule has 0 radical (unpaired) electrons. The molecule has 0 spiro atoms. The van der Waals surface area contributed by atoms with E-state index in [0.717, 1.165) is 6.42 Å². The topological polar surface area (TPSA) is 29.9 Å². The Morgan fingerprint density at radius 1 is 1.10 bits per heavy atom. The van der Waals surface area contributed by atoms with Crippen LogP contribution in [0.15, 0.2) is 0 Å². The lowest BCUT2D eigenvalue weighted by molar-refractivity contribution is 0.478. The highest BCUT2D eigenvalue weighted by atomic mass is 15.3. The third-order valence-electron chi connectivity index (χ3n) is 4.42. The molecule has 0 bridgehead atoms. The molecule has 0 aromatic carbocycles. The quantitative estimate of drug-likeness (QED) is 0.658. The Morgan fingerprint density at radius 3 is 2.30 bits per heavy atom. The lowest BCUT2D eigenvalue weighted by atomic mass is 9.98. The van der Waals surface area contributed by atoms with Gasteiger partial charge in [0.1, 0.15) is 0 Å². The van der Waals surface area contributed by atoms with Gasteiger partial charge >= 0.3 is 0 Å². The van der Waals surface area contributed by atoms with Crippen molar-refractivity contribution in [2.24, 2.45) is 7.05 Å². The number of likely N-dealkylation sites (N-methyl/N-ethyl adjacent to an activating group) is 1. The summed E-state index contributed by atoms with van der Waals surface area (Å²) in [5.41, 5.74) is 3.93. The van der Waals surface area contributed by atoms with E-state index in [9.17, 15) is 0 Å². The molecular formula is C17H33N3. The fourth-order valence-corrected chi connectivity index (χ4v) is 2.88. The average molecular weight is 279 g/mol. The highest BCUT2D eigenvalue weighted by Gasteiger charge is 2.14. The zero-order valence-electron chi connectivity index (χ0n) is 14.1. The molecule has 116 valence electrons. The minimum Gasteiger partial charge on any atom is -0.317 e. The zero-order valence-corrected chi connectivity index (χ0v) is 14.1. The van der Waals surface area contributed by atoms with Gasteiger partial charge in [0.15, 0.2) is 0 Å². The Morgan fingerprint density at radius 2 is 1.75 bits per heavy atom. The van der Waals surface area contributed by atoms with Gasteiger partial charge in [-0.15, -0.1) is 0 Å². The van der Waals surface area contributed by atoms with Gasteiger partial charge in [-0.1, -0.05) is 45.4 Å². The molecule has 1 rings (SSSR count). The summed E-state index contributed by atoms with van der Waals surface area (Å²) < 4.78 is 2.00. The number of hydrogen-bond donors (Lipinski definition) is 1. The fraction of sp³-hybridized carbons (Fsp3) is 0.824. The van der Waals surface area contributed by atoms with Gasteiger partial charge in [0.25, 0.3) is 0 Å². The van der Waals surface area contributed by atoms with Crippen LogP contribution in [0.2, 0.25) is 0 Å². The Kier molecular flexibility index (Phi) is 7.90. The van der Waals surface area contributed by atoms with Crippen molar-refractivity contribution in [1.29, 1.82) is 0 Å². The molecule has 20 heavy (non-hydrogen) atoms. The fourth-order valence-electron chi connectivity index (χ4n) is 2.88.